The molecule has 0 radical (unpaired) electrons. The monoisotopic (exact) mass is 228 g/mol. The van der Waals surface area contributed by atoms with Crippen molar-refractivity contribution < 1.29 is 33.8 Å². The minimum absolute atomic E-state index is 0.579. The molecule has 1 rings (SSSR count). The summed E-state index contributed by atoms with van der Waals surface area (Å²) >= 11 is 0. The first kappa shape index (κ1) is 13.6. The van der Waals surface area contributed by atoms with Crippen LogP contribution in [0.5, 0.6) is 0 Å². The van der Waals surface area contributed by atoms with Crippen LogP contribution in [0.3, 0.4) is 0 Å². The van der Waals surface area contributed by atoms with Crippen LogP contribution in [-0.2, 0) is 28.7 Å². The zero-order valence-electron chi connectivity index (χ0n) is 8.21. The van der Waals surface area contributed by atoms with E-state index in [1.807, 2.05) is 0 Å². The van der Waals surface area contributed by atoms with Gasteiger partial charge in [-0.05, 0) is 0 Å². The highest BCUT2D eigenvalue weighted by atomic mass is 16.6. The SMILES string of the molecule is COC(=O)/C=C\C(=O)O.O=C1C=CC(=O)O1. The van der Waals surface area contributed by atoms with Gasteiger partial charge in [-0.15, -0.1) is 0 Å². The molecule has 0 atom stereocenters. The van der Waals surface area contributed by atoms with Gasteiger partial charge >= 0.3 is 23.9 Å². The van der Waals surface area contributed by atoms with Crippen LogP contribution in [-0.4, -0.2) is 36.1 Å². The molecule has 1 aliphatic rings. The summed E-state index contributed by atoms with van der Waals surface area (Å²) in [5, 5.41) is 7.96. The summed E-state index contributed by atoms with van der Waals surface area (Å²) in [5.41, 5.74) is 0. The van der Waals surface area contributed by atoms with Crippen molar-refractivity contribution >= 4 is 23.9 Å². The highest BCUT2D eigenvalue weighted by Crippen LogP contribution is 1.92. The Labute approximate surface area is 89.9 Å². The van der Waals surface area contributed by atoms with Gasteiger partial charge in [0.25, 0.3) is 0 Å². The van der Waals surface area contributed by atoms with Crippen LogP contribution < -0.4 is 0 Å². The van der Waals surface area contributed by atoms with E-state index < -0.39 is 23.9 Å². The van der Waals surface area contributed by atoms with Gasteiger partial charge in [-0.3, -0.25) is 0 Å². The van der Waals surface area contributed by atoms with E-state index in [4.69, 9.17) is 5.11 Å². The maximum atomic E-state index is 10.1. The summed E-state index contributed by atoms with van der Waals surface area (Å²) in [6.45, 7) is 0. The van der Waals surface area contributed by atoms with Crippen molar-refractivity contribution in [3.63, 3.8) is 0 Å². The standard InChI is InChI=1S/C5H6O4.C4H2O3/c1-9-5(8)3-2-4(6)7;5-3-1-2-4(6)7-3/h2-3H,1H3,(H,6,7);1-2H/b3-2-;. The molecule has 0 saturated heterocycles. The van der Waals surface area contributed by atoms with E-state index in [1.165, 1.54) is 7.11 Å². The average molecular weight is 228 g/mol. The number of esters is 3. The number of carboxylic acids is 1. The van der Waals surface area contributed by atoms with E-state index in [9.17, 15) is 19.2 Å². The van der Waals surface area contributed by atoms with E-state index >= 15 is 0 Å². The topological polar surface area (TPSA) is 107 Å². The van der Waals surface area contributed by atoms with Gasteiger partial charge in [-0.2, -0.15) is 0 Å². The van der Waals surface area contributed by atoms with Crippen molar-refractivity contribution in [3.05, 3.63) is 24.3 Å². The number of carbonyl (C=O) groups excluding carboxylic acids is 3. The Balaban J connectivity index is 0.000000288. The van der Waals surface area contributed by atoms with Gasteiger partial charge in [0, 0.05) is 24.3 Å². The minimum atomic E-state index is -1.17. The molecule has 16 heavy (non-hydrogen) atoms. The summed E-state index contributed by atoms with van der Waals surface area (Å²) in [7, 11) is 1.18. The molecule has 1 N–H and O–H groups in total. The van der Waals surface area contributed by atoms with E-state index in [0.717, 1.165) is 18.2 Å². The summed E-state index contributed by atoms with van der Waals surface area (Å²) in [5.74, 6) is -2.99. The summed E-state index contributed by atoms with van der Waals surface area (Å²) in [6.07, 6.45) is 3.72. The number of rotatable bonds is 2. The average Bonchev–Trinajstić information content (AvgIpc) is 2.59. The summed E-state index contributed by atoms with van der Waals surface area (Å²) < 4.78 is 8.08. The number of cyclic esters (lactones) is 2. The highest BCUT2D eigenvalue weighted by Gasteiger charge is 2.10. The lowest BCUT2D eigenvalue weighted by Crippen LogP contribution is -1.96. The van der Waals surface area contributed by atoms with Crippen LogP contribution in [0.2, 0.25) is 0 Å². The molecule has 1 aliphatic heterocycles. The molecule has 7 nitrogen and oxygen atoms in total. The molecule has 0 spiro atoms. The second-order valence-corrected chi connectivity index (χ2v) is 2.27. The third-order valence-corrected chi connectivity index (χ3v) is 1.12. The Morgan fingerprint density at radius 2 is 1.75 bits per heavy atom. The first-order chi connectivity index (χ1) is 7.45. The second kappa shape index (κ2) is 6.93. The van der Waals surface area contributed by atoms with Gasteiger partial charge in [0.15, 0.2) is 0 Å². The van der Waals surface area contributed by atoms with Gasteiger partial charge in [0.05, 0.1) is 7.11 Å². The molecular formula is C9H8O7. The van der Waals surface area contributed by atoms with Crippen molar-refractivity contribution in [1.82, 2.24) is 0 Å². The molecule has 0 bridgehead atoms. The molecule has 0 aromatic heterocycles. The molecule has 86 valence electrons. The number of carbonyl (C=O) groups is 4. The van der Waals surface area contributed by atoms with Crippen LogP contribution in [0.1, 0.15) is 0 Å². The van der Waals surface area contributed by atoms with E-state index in [-0.39, 0.29) is 0 Å². The van der Waals surface area contributed by atoms with Crippen molar-refractivity contribution in [2.75, 3.05) is 7.11 Å². The maximum absolute atomic E-state index is 10.1. The lowest BCUT2D eigenvalue weighted by molar-refractivity contribution is -0.150. The molecule has 0 amide bonds. The third kappa shape index (κ3) is 7.01. The fraction of sp³-hybridized carbons (Fsp3) is 0.111. The fourth-order valence-corrected chi connectivity index (χ4v) is 0.511. The zero-order chi connectivity index (χ0) is 12.6. The molecule has 0 fully saturated rings. The number of ether oxygens (including phenoxy) is 2. The predicted octanol–water partition coefficient (Wildman–Crippen LogP) is -0.574. The normalized spacial score (nSPS) is 13.1. The molecule has 0 unspecified atom stereocenters. The molecular weight excluding hydrogens is 220 g/mol. The van der Waals surface area contributed by atoms with Gasteiger partial charge in [-0.1, -0.05) is 0 Å². The summed E-state index contributed by atoms with van der Waals surface area (Å²) in [6, 6.07) is 0. The molecule has 1 heterocycles. The van der Waals surface area contributed by atoms with Crippen molar-refractivity contribution in [1.29, 1.82) is 0 Å². The minimum Gasteiger partial charge on any atom is -0.478 e. The quantitative estimate of drug-likeness (QED) is 0.383. The Bertz CT molecular complexity index is 348. The first-order valence-corrected chi connectivity index (χ1v) is 3.88. The largest absolute Gasteiger partial charge is 0.478 e. The molecule has 0 aliphatic carbocycles. The number of aliphatic carboxylic acids is 1. The Morgan fingerprint density at radius 1 is 1.25 bits per heavy atom. The molecule has 0 aromatic carbocycles. The van der Waals surface area contributed by atoms with Gasteiger partial charge < -0.3 is 14.6 Å². The first-order valence-electron chi connectivity index (χ1n) is 3.88. The van der Waals surface area contributed by atoms with Crippen LogP contribution in [0.15, 0.2) is 24.3 Å². The molecule has 7 heteroatoms. The predicted molar refractivity (Wildman–Crippen MR) is 49.0 cm³/mol. The zero-order valence-corrected chi connectivity index (χ0v) is 8.21. The van der Waals surface area contributed by atoms with Crippen molar-refractivity contribution in [3.8, 4) is 0 Å². The lowest BCUT2D eigenvalue weighted by Gasteiger charge is -1.85. The van der Waals surface area contributed by atoms with Crippen molar-refractivity contribution in [2.24, 2.45) is 0 Å². The van der Waals surface area contributed by atoms with Crippen LogP contribution >= 0.6 is 0 Å². The number of methoxy groups -OCH3 is 1. The highest BCUT2D eigenvalue weighted by molar-refractivity contribution is 6.04. The van der Waals surface area contributed by atoms with Crippen LogP contribution in [0.4, 0.5) is 0 Å². The molecule has 0 saturated carbocycles. The van der Waals surface area contributed by atoms with Crippen LogP contribution in [0.25, 0.3) is 0 Å². The van der Waals surface area contributed by atoms with Gasteiger partial charge in [0.1, 0.15) is 0 Å². The van der Waals surface area contributed by atoms with Crippen molar-refractivity contribution in [2.45, 2.75) is 0 Å². The van der Waals surface area contributed by atoms with Crippen LogP contribution in [0, 0.1) is 0 Å². The summed E-state index contributed by atoms with van der Waals surface area (Å²) in [4.78, 5) is 39.7. The fourth-order valence-electron chi connectivity index (χ4n) is 0.511. The Hall–Kier alpha value is -2.44. The van der Waals surface area contributed by atoms with E-state index in [1.54, 1.807) is 0 Å². The lowest BCUT2D eigenvalue weighted by atomic mass is 10.5. The maximum Gasteiger partial charge on any atom is 0.338 e. The smallest absolute Gasteiger partial charge is 0.338 e. The third-order valence-electron chi connectivity index (χ3n) is 1.12. The molecule has 0 aromatic rings. The van der Waals surface area contributed by atoms with Gasteiger partial charge in [0.2, 0.25) is 0 Å². The number of hydrogen-bond donors (Lipinski definition) is 1. The second-order valence-electron chi connectivity index (χ2n) is 2.27. The van der Waals surface area contributed by atoms with E-state index in [2.05, 4.69) is 9.47 Å². The van der Waals surface area contributed by atoms with E-state index in [0.29, 0.717) is 6.08 Å². The number of carboxylic acid groups (broad SMARTS) is 1. The Morgan fingerprint density at radius 3 is 2.00 bits per heavy atom. The number of hydrogen-bond acceptors (Lipinski definition) is 6. The van der Waals surface area contributed by atoms with Gasteiger partial charge in [-0.25, -0.2) is 19.2 Å². The Kier molecular flexibility index (Phi) is 5.88.